The molecule has 72 heavy (non-hydrogen) atoms. The third-order valence-electron chi connectivity index (χ3n) is 17.0. The van der Waals surface area contributed by atoms with E-state index in [2.05, 4.69) is 81.1 Å². The zero-order valence-electron chi connectivity index (χ0n) is 43.1. The normalized spacial score (nSPS) is 33.9. The number of carbonyl (C=O) groups excluding carboxylic acids is 3. The minimum absolute atomic E-state index is 0.0214. The molecule has 1 saturated heterocycles. The highest BCUT2D eigenvalue weighted by atomic mass is 16.7. The molecule has 388 valence electrons. The van der Waals surface area contributed by atoms with Gasteiger partial charge in [0.25, 0.3) is 5.60 Å². The molecule has 11 N–H and O–H groups in total. The minimum Gasteiger partial charge on any atom is -0.459 e. The molecule has 9 rings (SSSR count). The number of hydrogen-bond donors (Lipinski definition) is 9. The number of allylic oxidation sites excluding steroid dienone is 5. The minimum atomic E-state index is -2.20. The SMILES string of the molecule is CCNC1C=C2C=CCC3CCCCC(C)(CC4=CNC(N)C=C4)Cc4cccc5c4C(=O)C4(OC4(CC=C(C)CC(NC(N)=NC)C4=CCNC6=C4CCC(NC)N6)C5=O)C(=O)OC(CCCO)C1CC23. The Balaban J connectivity index is 1.11. The Kier molecular flexibility index (Phi) is 15.5. The average molecular weight is 986 g/mol. The van der Waals surface area contributed by atoms with Crippen LogP contribution < -0.4 is 43.4 Å². The third kappa shape index (κ3) is 10.0. The number of nitrogens with one attached hydrogen (secondary N) is 6. The lowest BCUT2D eigenvalue weighted by atomic mass is 9.66. The van der Waals surface area contributed by atoms with Crippen molar-refractivity contribution in [3.05, 3.63) is 117 Å². The van der Waals surface area contributed by atoms with Crippen LogP contribution in [0.5, 0.6) is 0 Å². The quantitative estimate of drug-likeness (QED) is 0.0280. The number of likely N-dealkylation sites (N-methyl/N-ethyl adjacent to an activating group) is 1. The van der Waals surface area contributed by atoms with Gasteiger partial charge in [-0.2, -0.15) is 0 Å². The van der Waals surface area contributed by atoms with Gasteiger partial charge in [0.15, 0.2) is 17.3 Å². The fourth-order valence-electron chi connectivity index (χ4n) is 13.2. The zero-order chi connectivity index (χ0) is 50.8. The summed E-state index contributed by atoms with van der Waals surface area (Å²) in [6.45, 7) is 7.62. The van der Waals surface area contributed by atoms with E-state index in [1.165, 1.54) is 11.1 Å². The number of ketones is 2. The molecule has 1 aromatic rings. The first-order valence-electron chi connectivity index (χ1n) is 26.8. The van der Waals surface area contributed by atoms with Gasteiger partial charge in [-0.05, 0) is 142 Å². The van der Waals surface area contributed by atoms with Crippen molar-refractivity contribution in [3.8, 4) is 0 Å². The van der Waals surface area contributed by atoms with Crippen LogP contribution in [0.25, 0.3) is 0 Å². The van der Waals surface area contributed by atoms with Crippen LogP contribution in [-0.2, 0) is 20.7 Å². The molecule has 0 amide bonds. The maximum absolute atomic E-state index is 15.8. The molecule has 5 heterocycles. The number of nitrogens with two attached hydrogens (primary N) is 2. The van der Waals surface area contributed by atoms with Crippen molar-refractivity contribution >= 4 is 23.5 Å². The largest absolute Gasteiger partial charge is 0.459 e. The van der Waals surface area contributed by atoms with Crippen molar-refractivity contribution in [1.29, 1.82) is 0 Å². The lowest BCUT2D eigenvalue weighted by Gasteiger charge is -2.43. The number of ether oxygens (including phenoxy) is 2. The van der Waals surface area contributed by atoms with Gasteiger partial charge in [-0.1, -0.05) is 86.9 Å². The van der Waals surface area contributed by atoms with Crippen LogP contribution in [0.3, 0.4) is 0 Å². The monoisotopic (exact) mass is 986 g/mol. The fourth-order valence-corrected chi connectivity index (χ4v) is 13.2. The maximum Gasteiger partial charge on any atom is 0.350 e. The zero-order valence-corrected chi connectivity index (χ0v) is 43.1. The molecule has 11 atom stereocenters. The predicted octanol–water partition coefficient (Wildman–Crippen LogP) is 5.51. The second kappa shape index (κ2) is 21.6. The molecule has 1 spiro atoms. The lowest BCUT2D eigenvalue weighted by molar-refractivity contribution is -0.158. The number of fused-ring (bicyclic) bond motifs is 1. The molecule has 0 saturated carbocycles. The number of rotatable bonds is 14. The van der Waals surface area contributed by atoms with E-state index in [0.717, 1.165) is 85.9 Å². The number of aliphatic imine (C=N–C) groups is 1. The van der Waals surface area contributed by atoms with E-state index in [4.69, 9.17) is 20.9 Å². The second-order valence-electron chi connectivity index (χ2n) is 21.9. The van der Waals surface area contributed by atoms with E-state index in [1.807, 2.05) is 44.5 Å². The Labute approximate surface area is 426 Å². The third-order valence-corrected chi connectivity index (χ3v) is 17.0. The summed E-state index contributed by atoms with van der Waals surface area (Å²) >= 11 is 0. The number of benzene rings is 1. The standard InChI is InChI=1S/C57H79N9O6/c1-6-62-44-29-37-14-9-13-36-12-7-8-24-55(3,31-35-18-20-47(58)64-33-35)32-38-15-10-16-41-49(38)51(69)57(53(70)71-46(17-11-27-67)43(44)30-42(36)37)56(72-57,50(41)68)25-22-34(2)28-45(65-54(59)61-5)39-23-26-63-52-40(39)19-21-48(60-4)66-52/h9-10,14-16,18,20,22-23,29,33,36,42-48,60,62-64,66-67H,6-8,11-13,17,19,21,24-28,30-32,58H2,1-5H3,(H3,59,61,65). The average Bonchev–Trinajstić information content (AvgIpc) is 4.09. The Morgan fingerprint density at radius 2 is 1.99 bits per heavy atom. The van der Waals surface area contributed by atoms with E-state index in [9.17, 15) is 5.11 Å². The van der Waals surface area contributed by atoms with Gasteiger partial charge in [0.05, 0.1) is 18.4 Å². The number of epoxide rings is 1. The Hall–Kier alpha value is -5.32. The van der Waals surface area contributed by atoms with Gasteiger partial charge < -0.3 is 57.9 Å². The van der Waals surface area contributed by atoms with Gasteiger partial charge in [-0.3, -0.25) is 14.6 Å². The highest BCUT2D eigenvalue weighted by molar-refractivity contribution is 6.33. The molecular weight excluding hydrogens is 907 g/mol. The van der Waals surface area contributed by atoms with Gasteiger partial charge in [0.1, 0.15) is 11.9 Å². The number of nitrogens with zero attached hydrogens (tertiary/aromatic N) is 1. The maximum atomic E-state index is 15.8. The predicted molar refractivity (Wildman–Crippen MR) is 281 cm³/mol. The molecule has 8 aliphatic rings. The van der Waals surface area contributed by atoms with Gasteiger partial charge in [0, 0.05) is 55.9 Å². The molecule has 0 radical (unpaired) electrons. The number of esters is 1. The summed E-state index contributed by atoms with van der Waals surface area (Å²) in [5.74, 6) is 0.0991. The van der Waals surface area contributed by atoms with Gasteiger partial charge in [0.2, 0.25) is 5.78 Å². The van der Waals surface area contributed by atoms with Crippen LogP contribution in [-0.4, -0.2) is 104 Å². The van der Waals surface area contributed by atoms with E-state index in [0.29, 0.717) is 50.7 Å². The second-order valence-corrected chi connectivity index (χ2v) is 21.9. The number of dihydropyridines is 2. The number of cyclic esters (lactones) is 1. The molecule has 0 aromatic heterocycles. The van der Waals surface area contributed by atoms with Crippen molar-refractivity contribution < 1.29 is 29.0 Å². The Morgan fingerprint density at radius 1 is 1.14 bits per heavy atom. The van der Waals surface area contributed by atoms with E-state index >= 15 is 14.4 Å². The summed E-state index contributed by atoms with van der Waals surface area (Å²) in [6, 6.07) is 5.16. The highest BCUT2D eigenvalue weighted by Crippen LogP contribution is 2.60. The number of Topliss-reactive ketones (excluding diaryl/α,β-unsaturated/α-hetero) is 2. The Bertz CT molecular complexity index is 2520. The summed E-state index contributed by atoms with van der Waals surface area (Å²) in [4.78, 5) is 51.2. The van der Waals surface area contributed by atoms with Gasteiger partial charge >= 0.3 is 5.97 Å². The summed E-state index contributed by atoms with van der Waals surface area (Å²) < 4.78 is 13.4. The van der Waals surface area contributed by atoms with Crippen molar-refractivity contribution in [1.82, 2.24) is 31.9 Å². The van der Waals surface area contributed by atoms with Crippen LogP contribution in [0.15, 0.2) is 106 Å². The molecule has 15 nitrogen and oxygen atoms in total. The molecule has 11 unspecified atom stereocenters. The van der Waals surface area contributed by atoms with Crippen molar-refractivity contribution in [2.24, 2.45) is 39.6 Å². The van der Waals surface area contributed by atoms with Crippen LogP contribution in [0, 0.1) is 23.2 Å². The van der Waals surface area contributed by atoms with Gasteiger partial charge in [-0.25, -0.2) is 4.79 Å². The first kappa shape index (κ1) is 51.6. The van der Waals surface area contributed by atoms with Crippen LogP contribution in [0.2, 0.25) is 0 Å². The first-order valence-corrected chi connectivity index (χ1v) is 26.8. The molecular formula is C57H79N9O6. The number of hydrogen-bond acceptors (Lipinski definition) is 13. The molecule has 15 heteroatoms. The van der Waals surface area contributed by atoms with E-state index < -0.39 is 34.8 Å². The summed E-state index contributed by atoms with van der Waals surface area (Å²) in [5.41, 5.74) is 15.1. The number of aliphatic hydroxyl groups is 1. The summed E-state index contributed by atoms with van der Waals surface area (Å²) in [5, 5.41) is 31.1. The lowest BCUT2D eigenvalue weighted by Crippen LogP contribution is -2.53. The van der Waals surface area contributed by atoms with Crippen LogP contribution >= 0.6 is 0 Å². The molecule has 4 bridgehead atoms. The van der Waals surface area contributed by atoms with E-state index in [1.54, 1.807) is 13.1 Å². The van der Waals surface area contributed by atoms with E-state index in [-0.39, 0.29) is 65.8 Å². The molecule has 3 aliphatic carbocycles. The van der Waals surface area contributed by atoms with Gasteiger partial charge in [-0.15, -0.1) is 0 Å². The number of guanidine groups is 1. The molecule has 1 fully saturated rings. The van der Waals surface area contributed by atoms with Crippen molar-refractivity contribution in [2.45, 2.75) is 152 Å². The van der Waals surface area contributed by atoms with Crippen molar-refractivity contribution in [2.75, 3.05) is 33.8 Å². The number of aliphatic hydroxyl groups excluding tert-OH is 1. The van der Waals surface area contributed by atoms with Crippen molar-refractivity contribution in [3.63, 3.8) is 0 Å². The first-order chi connectivity index (χ1) is 34.8. The van der Waals surface area contributed by atoms with Crippen LogP contribution in [0.4, 0.5) is 0 Å². The fraction of sp³-hybridized carbons (Fsp3) is 0.579. The topological polar surface area (TPSA) is 230 Å². The summed E-state index contributed by atoms with van der Waals surface area (Å²) in [7, 11) is 3.60. The number of carbonyl (C=O) groups is 3. The highest BCUT2D eigenvalue weighted by Gasteiger charge is 2.85. The molecule has 5 aliphatic heterocycles. The Morgan fingerprint density at radius 3 is 2.75 bits per heavy atom. The summed E-state index contributed by atoms with van der Waals surface area (Å²) in [6.07, 6.45) is 26.4. The van der Waals surface area contributed by atoms with Crippen LogP contribution in [0.1, 0.15) is 131 Å². The smallest absolute Gasteiger partial charge is 0.350 e. The molecule has 1 aromatic carbocycles.